The van der Waals surface area contributed by atoms with Crippen molar-refractivity contribution in [2.75, 3.05) is 19.6 Å². The van der Waals surface area contributed by atoms with Gasteiger partial charge in [-0.05, 0) is 56.9 Å². The van der Waals surface area contributed by atoms with Gasteiger partial charge in [0.2, 0.25) is 0 Å². The Morgan fingerprint density at radius 3 is 2.53 bits per heavy atom. The van der Waals surface area contributed by atoms with Gasteiger partial charge in [0.05, 0.1) is 6.04 Å². The topological polar surface area (TPSA) is 36.9 Å². The lowest BCUT2D eigenvalue weighted by atomic mass is 9.84. The molecule has 0 amide bonds. The summed E-state index contributed by atoms with van der Waals surface area (Å²) in [6, 6.07) is 0.583. The maximum Gasteiger partial charge on any atom is 0.195 e. The van der Waals surface area contributed by atoms with E-state index in [1.54, 1.807) is 0 Å². The first-order chi connectivity index (χ1) is 8.33. The molecule has 0 spiro atoms. The van der Waals surface area contributed by atoms with Crippen LogP contribution in [0.5, 0.6) is 0 Å². The summed E-state index contributed by atoms with van der Waals surface area (Å²) < 4.78 is 3.19. The molecule has 1 aliphatic carbocycles. The fourth-order valence-corrected chi connectivity index (χ4v) is 3.77. The SMILES string of the molecule is S=c1[nH]nc(C2CC2)n1C1CN2CCC1CC2. The Morgan fingerprint density at radius 1 is 1.18 bits per heavy atom. The van der Waals surface area contributed by atoms with Crippen molar-refractivity contribution in [3.8, 4) is 0 Å². The number of H-pyrrole nitrogens is 1. The number of fused-ring (bicyclic) bond motifs is 3. The van der Waals surface area contributed by atoms with E-state index in [4.69, 9.17) is 12.2 Å². The molecule has 1 aromatic rings. The molecule has 1 saturated carbocycles. The van der Waals surface area contributed by atoms with Gasteiger partial charge in [-0.1, -0.05) is 0 Å². The van der Waals surface area contributed by atoms with E-state index < -0.39 is 0 Å². The van der Waals surface area contributed by atoms with Crippen LogP contribution in [0.15, 0.2) is 0 Å². The molecular formula is C12H18N4S. The number of rotatable bonds is 2. The minimum atomic E-state index is 0.583. The van der Waals surface area contributed by atoms with Crippen molar-refractivity contribution in [3.63, 3.8) is 0 Å². The Balaban J connectivity index is 1.74. The predicted molar refractivity (Wildman–Crippen MR) is 67.6 cm³/mol. The second kappa shape index (κ2) is 3.65. The molecule has 17 heavy (non-hydrogen) atoms. The first-order valence-electron chi connectivity index (χ1n) is 6.72. The Morgan fingerprint density at radius 2 is 1.94 bits per heavy atom. The highest BCUT2D eigenvalue weighted by molar-refractivity contribution is 7.71. The van der Waals surface area contributed by atoms with E-state index in [1.165, 1.54) is 51.1 Å². The van der Waals surface area contributed by atoms with Crippen LogP contribution in [0.3, 0.4) is 0 Å². The number of nitrogens with one attached hydrogen (secondary N) is 1. The summed E-state index contributed by atoms with van der Waals surface area (Å²) in [4.78, 5) is 2.58. The van der Waals surface area contributed by atoms with Crippen LogP contribution in [0.1, 0.15) is 43.5 Å². The first-order valence-corrected chi connectivity index (χ1v) is 7.13. The Labute approximate surface area is 106 Å². The molecule has 1 N–H and O–H groups in total. The van der Waals surface area contributed by atoms with Crippen molar-refractivity contribution in [3.05, 3.63) is 10.6 Å². The zero-order chi connectivity index (χ0) is 11.4. The van der Waals surface area contributed by atoms with Gasteiger partial charge >= 0.3 is 0 Å². The van der Waals surface area contributed by atoms with Crippen LogP contribution in [0.4, 0.5) is 0 Å². The summed E-state index contributed by atoms with van der Waals surface area (Å²) >= 11 is 5.44. The molecule has 5 heteroatoms. The molecule has 4 heterocycles. The highest BCUT2D eigenvalue weighted by Gasteiger charge is 2.39. The molecule has 5 rings (SSSR count). The summed E-state index contributed by atoms with van der Waals surface area (Å²) in [5, 5.41) is 7.48. The minimum absolute atomic E-state index is 0.583. The van der Waals surface area contributed by atoms with Gasteiger partial charge in [-0.3, -0.25) is 9.67 Å². The molecule has 1 atom stereocenters. The maximum absolute atomic E-state index is 5.44. The minimum Gasteiger partial charge on any atom is -0.301 e. The van der Waals surface area contributed by atoms with Crippen LogP contribution in [0.2, 0.25) is 0 Å². The van der Waals surface area contributed by atoms with Crippen molar-refractivity contribution in [2.45, 2.75) is 37.6 Å². The van der Waals surface area contributed by atoms with Gasteiger partial charge in [0, 0.05) is 12.5 Å². The van der Waals surface area contributed by atoms with Crippen molar-refractivity contribution in [2.24, 2.45) is 5.92 Å². The third-order valence-electron chi connectivity index (χ3n) is 4.63. The van der Waals surface area contributed by atoms with Crippen LogP contribution in [0, 0.1) is 10.7 Å². The van der Waals surface area contributed by atoms with Gasteiger partial charge < -0.3 is 4.90 Å². The second-order valence-corrected chi connectivity index (χ2v) is 6.12. The molecule has 2 bridgehead atoms. The molecule has 0 aromatic carbocycles. The largest absolute Gasteiger partial charge is 0.301 e. The number of hydrogen-bond acceptors (Lipinski definition) is 3. The van der Waals surface area contributed by atoms with Gasteiger partial charge in [-0.25, -0.2) is 0 Å². The van der Waals surface area contributed by atoms with E-state index in [-0.39, 0.29) is 0 Å². The predicted octanol–water partition coefficient (Wildman–Crippen LogP) is 2.08. The van der Waals surface area contributed by atoms with Crippen LogP contribution < -0.4 is 0 Å². The van der Waals surface area contributed by atoms with Gasteiger partial charge in [0.25, 0.3) is 0 Å². The lowest BCUT2D eigenvalue weighted by Crippen LogP contribution is -2.48. The van der Waals surface area contributed by atoms with E-state index in [0.717, 1.165) is 10.7 Å². The highest BCUT2D eigenvalue weighted by Crippen LogP contribution is 2.43. The lowest BCUT2D eigenvalue weighted by Gasteiger charge is -2.45. The van der Waals surface area contributed by atoms with Gasteiger partial charge in [-0.2, -0.15) is 5.10 Å². The zero-order valence-electron chi connectivity index (χ0n) is 9.93. The summed E-state index contributed by atoms with van der Waals surface area (Å²) in [6.07, 6.45) is 5.25. The third kappa shape index (κ3) is 1.59. The molecule has 4 aliphatic rings. The number of aromatic nitrogens is 3. The van der Waals surface area contributed by atoms with Crippen molar-refractivity contribution in [1.29, 1.82) is 0 Å². The van der Waals surface area contributed by atoms with Crippen molar-refractivity contribution in [1.82, 2.24) is 19.7 Å². The quantitative estimate of drug-likeness (QED) is 0.817. The summed E-state index contributed by atoms with van der Waals surface area (Å²) in [7, 11) is 0. The Bertz CT molecular complexity index is 479. The lowest BCUT2D eigenvalue weighted by molar-refractivity contribution is 0.0549. The zero-order valence-corrected chi connectivity index (χ0v) is 10.7. The normalized spacial score (nSPS) is 36.4. The smallest absolute Gasteiger partial charge is 0.195 e. The Kier molecular flexibility index (Phi) is 2.21. The molecule has 3 aliphatic heterocycles. The fraction of sp³-hybridized carbons (Fsp3) is 0.833. The number of piperidine rings is 3. The van der Waals surface area contributed by atoms with E-state index in [1.807, 2.05) is 0 Å². The standard InChI is InChI=1S/C12H18N4S/c17-12-14-13-11(9-1-2-9)16(12)10-7-15-5-3-8(10)4-6-15/h8-10H,1-7H2,(H,14,17). The van der Waals surface area contributed by atoms with E-state index in [9.17, 15) is 0 Å². The van der Waals surface area contributed by atoms with Gasteiger partial charge in [-0.15, -0.1) is 0 Å². The molecule has 92 valence electrons. The van der Waals surface area contributed by atoms with Crippen LogP contribution >= 0.6 is 12.2 Å². The second-order valence-electron chi connectivity index (χ2n) is 5.74. The summed E-state index contributed by atoms with van der Waals surface area (Å²) in [5.74, 6) is 2.73. The molecule has 4 fully saturated rings. The molecule has 3 saturated heterocycles. The van der Waals surface area contributed by atoms with E-state index in [0.29, 0.717) is 12.0 Å². The molecule has 1 unspecified atom stereocenters. The molecule has 0 radical (unpaired) electrons. The fourth-order valence-electron chi connectivity index (χ4n) is 3.49. The molecule has 4 nitrogen and oxygen atoms in total. The van der Waals surface area contributed by atoms with E-state index in [2.05, 4.69) is 19.7 Å². The number of aromatic amines is 1. The summed E-state index contributed by atoms with van der Waals surface area (Å²) in [5.41, 5.74) is 0. The van der Waals surface area contributed by atoms with E-state index >= 15 is 0 Å². The van der Waals surface area contributed by atoms with Crippen LogP contribution in [-0.4, -0.2) is 39.3 Å². The number of hydrogen-bond donors (Lipinski definition) is 1. The molecule has 1 aromatic heterocycles. The average molecular weight is 250 g/mol. The highest BCUT2D eigenvalue weighted by atomic mass is 32.1. The van der Waals surface area contributed by atoms with Crippen LogP contribution in [-0.2, 0) is 0 Å². The average Bonchev–Trinajstić information content (AvgIpc) is 3.14. The summed E-state index contributed by atoms with van der Waals surface area (Å²) in [6.45, 7) is 3.74. The monoisotopic (exact) mass is 250 g/mol. The Hall–Kier alpha value is -0.680. The third-order valence-corrected chi connectivity index (χ3v) is 4.92. The van der Waals surface area contributed by atoms with Gasteiger partial charge in [0.1, 0.15) is 5.82 Å². The van der Waals surface area contributed by atoms with Crippen molar-refractivity contribution >= 4 is 12.2 Å². The van der Waals surface area contributed by atoms with Crippen LogP contribution in [0.25, 0.3) is 0 Å². The first kappa shape index (κ1) is 10.3. The van der Waals surface area contributed by atoms with Gasteiger partial charge in [0.15, 0.2) is 4.77 Å². The van der Waals surface area contributed by atoms with Crippen molar-refractivity contribution < 1.29 is 0 Å². The maximum atomic E-state index is 5.44. The molecular weight excluding hydrogens is 232 g/mol. The number of nitrogens with zero attached hydrogens (tertiary/aromatic N) is 3.